The second-order valence-electron chi connectivity index (χ2n) is 25.8. The Morgan fingerprint density at radius 2 is 0.536 bits per heavy atom. The van der Waals surface area contributed by atoms with Crippen LogP contribution in [-0.2, 0) is 32.7 Å². The molecule has 0 rings (SSSR count). The van der Waals surface area contributed by atoms with E-state index in [1.807, 2.05) is 0 Å². The molecule has 10 heteroatoms. The van der Waals surface area contributed by atoms with E-state index in [2.05, 4.69) is 184 Å². The molecule has 0 radical (unpaired) electrons. The Balaban J connectivity index is 3.88. The second-order valence-corrected chi connectivity index (χ2v) is 27.3. The predicted octanol–water partition coefficient (Wildman–Crippen LogP) is 26.9. The van der Waals surface area contributed by atoms with Crippen LogP contribution in [0.25, 0.3) is 0 Å². The third kappa shape index (κ3) is 80.2. The molecule has 0 bridgehead atoms. The van der Waals surface area contributed by atoms with Crippen LogP contribution in [0.5, 0.6) is 0 Å². The Bertz CT molecular complexity index is 2210. The zero-order chi connectivity index (χ0) is 70.0. The van der Waals surface area contributed by atoms with Gasteiger partial charge in [0.15, 0.2) is 6.10 Å². The summed E-state index contributed by atoms with van der Waals surface area (Å²) in [5.74, 6) is -0.842. The Morgan fingerprint density at radius 3 is 0.794 bits per heavy atom. The van der Waals surface area contributed by atoms with Crippen molar-refractivity contribution in [2.45, 2.75) is 341 Å². The van der Waals surface area contributed by atoms with Crippen molar-refractivity contribution >= 4 is 19.8 Å². The van der Waals surface area contributed by atoms with E-state index in [1.165, 1.54) is 154 Å². The maximum Gasteiger partial charge on any atom is 0.472 e. The number of phosphoric ester groups is 1. The number of hydrogen-bond donors (Lipinski definition) is 2. The van der Waals surface area contributed by atoms with Crippen molar-refractivity contribution in [1.82, 2.24) is 0 Å². The smallest absolute Gasteiger partial charge is 0.462 e. The van der Waals surface area contributed by atoms with Gasteiger partial charge >= 0.3 is 19.8 Å². The lowest BCUT2D eigenvalue weighted by atomic mass is 10.0. The molecule has 0 aliphatic heterocycles. The number of ether oxygens (including phenoxy) is 2. The Morgan fingerprint density at radius 1 is 0.309 bits per heavy atom. The van der Waals surface area contributed by atoms with Crippen molar-refractivity contribution in [3.05, 3.63) is 170 Å². The highest BCUT2D eigenvalue weighted by atomic mass is 31.2. The minimum absolute atomic E-state index is 0.0445. The van der Waals surface area contributed by atoms with Gasteiger partial charge in [-0.1, -0.05) is 364 Å². The lowest BCUT2D eigenvalue weighted by Gasteiger charge is -2.19. The first-order valence-electron chi connectivity index (χ1n) is 39.6. The van der Waals surface area contributed by atoms with Gasteiger partial charge in [-0.2, -0.15) is 0 Å². The van der Waals surface area contributed by atoms with Crippen molar-refractivity contribution in [2.75, 3.05) is 26.4 Å². The summed E-state index contributed by atoms with van der Waals surface area (Å²) < 4.78 is 33.2. The monoisotopic (exact) mass is 1360 g/mol. The van der Waals surface area contributed by atoms with Crippen molar-refractivity contribution < 1.29 is 37.6 Å². The van der Waals surface area contributed by atoms with Crippen molar-refractivity contribution in [3.63, 3.8) is 0 Å². The van der Waals surface area contributed by atoms with Gasteiger partial charge in [-0.05, 0) is 128 Å². The first-order chi connectivity index (χ1) is 47.8. The minimum Gasteiger partial charge on any atom is -0.462 e. The summed E-state index contributed by atoms with van der Waals surface area (Å²) in [6, 6.07) is 0. The van der Waals surface area contributed by atoms with Crippen LogP contribution in [0.2, 0.25) is 0 Å². The van der Waals surface area contributed by atoms with E-state index in [-0.39, 0.29) is 38.6 Å². The number of unbranched alkanes of at least 4 members (excludes halogenated alkanes) is 32. The van der Waals surface area contributed by atoms with Crippen molar-refractivity contribution in [1.29, 1.82) is 0 Å². The topological polar surface area (TPSA) is 134 Å². The summed E-state index contributed by atoms with van der Waals surface area (Å²) in [4.78, 5) is 35.5. The van der Waals surface area contributed by atoms with E-state index in [1.54, 1.807) is 0 Å². The molecular formula is C87H146NO8P. The molecule has 0 spiro atoms. The van der Waals surface area contributed by atoms with Gasteiger partial charge in [0.1, 0.15) is 6.61 Å². The molecule has 0 saturated heterocycles. The third-order valence-corrected chi connectivity index (χ3v) is 17.6. The number of rotatable bonds is 73. The van der Waals surface area contributed by atoms with Gasteiger partial charge in [-0.15, -0.1) is 0 Å². The highest BCUT2D eigenvalue weighted by Crippen LogP contribution is 2.43. The normalized spacial score (nSPS) is 13.8. The minimum atomic E-state index is -4.41. The molecular weight excluding hydrogens is 1220 g/mol. The van der Waals surface area contributed by atoms with Gasteiger partial charge in [0.2, 0.25) is 0 Å². The summed E-state index contributed by atoms with van der Waals surface area (Å²) in [5, 5.41) is 0. The average molecular weight is 1370 g/mol. The number of esters is 2. The molecule has 0 aromatic rings. The largest absolute Gasteiger partial charge is 0.472 e. The molecule has 0 aromatic carbocycles. The standard InChI is InChI=1S/C87H146NO8P/c1-3-5-7-9-11-13-15-17-19-21-23-25-27-29-31-33-35-37-39-41-42-44-45-47-49-51-53-55-57-59-61-63-65-67-69-71-73-75-77-79-86(89)93-83-85(84-95-97(91,92)94-82-81-88)96-87(90)80-78-76-74-72-70-68-66-64-62-60-58-56-54-52-50-48-46-43-40-38-36-34-32-30-28-26-24-22-20-18-16-14-12-10-8-6-4-2/h5-8,11-14,17-20,23-26,30,32,36,38,43,46,50,52,56,58,62,64,85H,3-4,9-10,15-16,21-22,27-29,31,33-35,37,39-42,44-45,47-49,51,53-55,57,59-61,63,65-84,88H2,1-2H3,(H,91,92)/b7-5-,8-6-,13-11-,14-12-,19-17-,20-18-,25-23-,26-24-,32-30-,38-36-,46-43-,52-50-,58-56-,64-62-. The van der Waals surface area contributed by atoms with Crippen LogP contribution < -0.4 is 5.73 Å². The summed E-state index contributed by atoms with van der Waals surface area (Å²) >= 11 is 0. The maximum atomic E-state index is 12.8. The average Bonchev–Trinajstić information content (AvgIpc) is 2.17. The van der Waals surface area contributed by atoms with Gasteiger partial charge in [0.25, 0.3) is 0 Å². The molecule has 552 valence electrons. The van der Waals surface area contributed by atoms with Gasteiger partial charge in [0, 0.05) is 19.4 Å². The van der Waals surface area contributed by atoms with Crippen LogP contribution in [0, 0.1) is 0 Å². The van der Waals surface area contributed by atoms with Crippen LogP contribution >= 0.6 is 7.82 Å². The molecule has 0 fully saturated rings. The van der Waals surface area contributed by atoms with Crippen LogP contribution in [0.4, 0.5) is 0 Å². The fourth-order valence-corrected chi connectivity index (χ4v) is 11.6. The lowest BCUT2D eigenvalue weighted by Crippen LogP contribution is -2.29. The van der Waals surface area contributed by atoms with Crippen LogP contribution in [0.1, 0.15) is 335 Å². The predicted molar refractivity (Wildman–Crippen MR) is 422 cm³/mol. The Kier molecular flexibility index (Phi) is 76.5. The van der Waals surface area contributed by atoms with E-state index in [0.717, 1.165) is 148 Å². The van der Waals surface area contributed by atoms with E-state index in [4.69, 9.17) is 24.3 Å². The third-order valence-electron chi connectivity index (χ3n) is 16.6. The first kappa shape index (κ1) is 92.4. The van der Waals surface area contributed by atoms with Gasteiger partial charge < -0.3 is 20.1 Å². The van der Waals surface area contributed by atoms with Crippen molar-refractivity contribution in [2.24, 2.45) is 5.73 Å². The summed E-state index contributed by atoms with van der Waals surface area (Å²) in [6.45, 7) is 3.52. The molecule has 0 heterocycles. The molecule has 2 atom stereocenters. The number of hydrogen-bond acceptors (Lipinski definition) is 8. The van der Waals surface area contributed by atoms with Gasteiger partial charge in [0.05, 0.1) is 13.2 Å². The number of nitrogens with two attached hydrogens (primary N) is 1. The summed E-state index contributed by atoms with van der Waals surface area (Å²) in [5.41, 5.74) is 5.41. The SMILES string of the molecule is CC/C=C\C/C=C\C/C=C\C/C=C\C/C=C\C/C=C\C/C=C\C/C=C\C/C=C\C/C=C\CCCCCCCCC(=O)OC(COC(=O)CCCCCCCCCCCCCCCCCCCCCCCCCCCC/C=C\C/C=C\C/C=C\C/C=C\CC)COP(=O)(O)OCCN. The molecule has 9 nitrogen and oxygen atoms in total. The van der Waals surface area contributed by atoms with Gasteiger partial charge in [-0.3, -0.25) is 18.6 Å². The second kappa shape index (κ2) is 80.3. The zero-order valence-corrected chi connectivity index (χ0v) is 63.2. The number of carbonyl (C=O) groups excluding carboxylic acids is 2. The maximum absolute atomic E-state index is 12.8. The van der Waals surface area contributed by atoms with E-state index in [0.29, 0.717) is 6.42 Å². The number of phosphoric acid groups is 1. The fraction of sp³-hybridized carbons (Fsp3) is 0.655. The molecule has 0 aromatic heterocycles. The first-order valence-corrected chi connectivity index (χ1v) is 41.1. The highest BCUT2D eigenvalue weighted by molar-refractivity contribution is 7.47. The molecule has 3 N–H and O–H groups in total. The molecule has 2 unspecified atom stereocenters. The van der Waals surface area contributed by atoms with Crippen LogP contribution in [-0.4, -0.2) is 49.3 Å². The fourth-order valence-electron chi connectivity index (χ4n) is 10.8. The molecule has 0 aliphatic carbocycles. The van der Waals surface area contributed by atoms with E-state index >= 15 is 0 Å². The molecule has 0 amide bonds. The summed E-state index contributed by atoms with van der Waals surface area (Å²) in [7, 11) is -4.41. The lowest BCUT2D eigenvalue weighted by molar-refractivity contribution is -0.161. The summed E-state index contributed by atoms with van der Waals surface area (Å²) in [6.07, 6.45) is 119. The molecule has 97 heavy (non-hydrogen) atoms. The molecule has 0 saturated carbocycles. The quantitative estimate of drug-likeness (QED) is 0.0264. The Hall–Kier alpha value is -4.63. The van der Waals surface area contributed by atoms with Crippen LogP contribution in [0.15, 0.2) is 170 Å². The number of carbonyl (C=O) groups is 2. The van der Waals surface area contributed by atoms with Crippen LogP contribution in [0.3, 0.4) is 0 Å². The zero-order valence-electron chi connectivity index (χ0n) is 62.3. The Labute approximate surface area is 597 Å². The number of allylic oxidation sites excluding steroid dienone is 28. The van der Waals surface area contributed by atoms with E-state index in [9.17, 15) is 19.0 Å². The molecule has 0 aliphatic rings. The highest BCUT2D eigenvalue weighted by Gasteiger charge is 2.26. The van der Waals surface area contributed by atoms with Crippen molar-refractivity contribution in [3.8, 4) is 0 Å². The van der Waals surface area contributed by atoms with Gasteiger partial charge in [-0.25, -0.2) is 4.57 Å². The van der Waals surface area contributed by atoms with E-state index < -0.39 is 26.5 Å².